The molecule has 0 unspecified atom stereocenters. The number of rotatable bonds is 8. The number of hydrogen-bond acceptors (Lipinski definition) is 6. The normalized spacial score (nSPS) is 11.5. The minimum atomic E-state index is -0.491. The van der Waals surface area contributed by atoms with Crippen LogP contribution in [0.2, 0.25) is 0 Å². The van der Waals surface area contributed by atoms with Gasteiger partial charge in [0.15, 0.2) is 11.2 Å². The number of aromatic amines is 1. The number of hydrazone groups is 1. The fourth-order valence-corrected chi connectivity index (χ4v) is 2.85. The molecule has 2 N–H and O–H groups in total. The van der Waals surface area contributed by atoms with Crippen LogP contribution in [0.3, 0.4) is 0 Å². The van der Waals surface area contributed by atoms with Gasteiger partial charge in [-0.3, -0.25) is 19.3 Å². The lowest BCUT2D eigenvalue weighted by molar-refractivity contribution is 0.593. The van der Waals surface area contributed by atoms with Crippen molar-refractivity contribution < 1.29 is 0 Å². The first-order valence-electron chi connectivity index (χ1n) is 9.00. The average Bonchev–Trinajstić information content (AvgIpc) is 3.03. The lowest BCUT2D eigenvalue weighted by Crippen LogP contribution is -2.29. The van der Waals surface area contributed by atoms with Crippen molar-refractivity contribution in [3.63, 3.8) is 0 Å². The number of hydrogen-bond donors (Lipinski definition) is 2. The smallest absolute Gasteiger partial charge is 0.303 e. The third-order valence-electron chi connectivity index (χ3n) is 4.33. The molecule has 3 aromatic heterocycles. The zero-order chi connectivity index (χ0) is 19.2. The van der Waals surface area contributed by atoms with Crippen LogP contribution in [0.4, 0.5) is 5.95 Å². The Morgan fingerprint density at radius 1 is 1.22 bits per heavy atom. The molecule has 0 radical (unpaired) electrons. The first kappa shape index (κ1) is 18.6. The van der Waals surface area contributed by atoms with Crippen LogP contribution in [0.1, 0.15) is 38.2 Å². The van der Waals surface area contributed by atoms with Crippen molar-refractivity contribution >= 4 is 23.3 Å². The molecule has 9 heteroatoms. The molecule has 9 nitrogen and oxygen atoms in total. The highest BCUT2D eigenvalue weighted by atomic mass is 16.2. The van der Waals surface area contributed by atoms with Gasteiger partial charge < -0.3 is 4.57 Å². The maximum Gasteiger partial charge on any atom is 0.329 e. The maximum atomic E-state index is 12.4. The van der Waals surface area contributed by atoms with Gasteiger partial charge in [0.1, 0.15) is 0 Å². The molecule has 3 heterocycles. The van der Waals surface area contributed by atoms with Crippen LogP contribution in [0.25, 0.3) is 11.2 Å². The Morgan fingerprint density at radius 2 is 2.00 bits per heavy atom. The number of imidazole rings is 1. The topological polar surface area (TPSA) is 110 Å². The number of aryl methyl sites for hydroxylation is 2. The monoisotopic (exact) mass is 369 g/mol. The number of fused-ring (bicyclic) bond motifs is 1. The molecule has 3 rings (SSSR count). The molecule has 0 aliphatic heterocycles. The Bertz CT molecular complexity index is 1050. The van der Waals surface area contributed by atoms with Crippen LogP contribution in [0, 0.1) is 0 Å². The van der Waals surface area contributed by atoms with Gasteiger partial charge in [0.05, 0.1) is 6.21 Å². The van der Waals surface area contributed by atoms with Crippen molar-refractivity contribution in [1.29, 1.82) is 0 Å². The summed E-state index contributed by atoms with van der Waals surface area (Å²) in [5, 5.41) is 4.21. The summed E-state index contributed by atoms with van der Waals surface area (Å²) in [4.78, 5) is 35.0. The molecule has 3 aromatic rings. The molecule has 0 aliphatic rings. The summed E-state index contributed by atoms with van der Waals surface area (Å²) in [5.41, 5.74) is 3.55. The van der Waals surface area contributed by atoms with Gasteiger partial charge in [-0.15, -0.1) is 0 Å². The van der Waals surface area contributed by atoms with Gasteiger partial charge in [-0.2, -0.15) is 10.1 Å². The third kappa shape index (κ3) is 4.13. The van der Waals surface area contributed by atoms with E-state index in [1.807, 2.05) is 12.1 Å². The molecule has 0 spiro atoms. The van der Waals surface area contributed by atoms with E-state index >= 15 is 0 Å². The fourth-order valence-electron chi connectivity index (χ4n) is 2.85. The number of aromatic nitrogens is 5. The van der Waals surface area contributed by atoms with Crippen molar-refractivity contribution in [2.45, 2.75) is 39.2 Å². The molecule has 0 atom stereocenters. The standard InChI is InChI=1S/C18H23N7O2/c1-3-4-5-6-11-25-14-15(24(2)18(27)22-16(14)26)21-17(25)23-20-12-13-7-9-19-10-8-13/h7-10,12H,3-6,11H2,1-2H3,(H,21,23)(H,22,26,27)/b20-12-. The second-order valence-corrected chi connectivity index (χ2v) is 6.29. The summed E-state index contributed by atoms with van der Waals surface area (Å²) in [5.74, 6) is 0.429. The second-order valence-electron chi connectivity index (χ2n) is 6.29. The predicted octanol–water partition coefficient (Wildman–Crippen LogP) is 1.84. The van der Waals surface area contributed by atoms with Crippen LogP contribution in [-0.4, -0.2) is 30.3 Å². The van der Waals surface area contributed by atoms with Crippen LogP contribution >= 0.6 is 0 Å². The van der Waals surface area contributed by atoms with E-state index in [9.17, 15) is 9.59 Å². The van der Waals surface area contributed by atoms with Crippen LogP contribution < -0.4 is 16.7 Å². The number of H-pyrrole nitrogens is 1. The van der Waals surface area contributed by atoms with Crippen LogP contribution in [-0.2, 0) is 13.6 Å². The van der Waals surface area contributed by atoms with Crippen molar-refractivity contribution in [2.75, 3.05) is 5.43 Å². The molecule has 27 heavy (non-hydrogen) atoms. The minimum absolute atomic E-state index is 0.334. The highest BCUT2D eigenvalue weighted by Gasteiger charge is 2.16. The molecule has 142 valence electrons. The zero-order valence-electron chi connectivity index (χ0n) is 15.5. The summed E-state index contributed by atoms with van der Waals surface area (Å²) >= 11 is 0. The summed E-state index contributed by atoms with van der Waals surface area (Å²) in [6.07, 6.45) is 9.22. The predicted molar refractivity (Wildman–Crippen MR) is 105 cm³/mol. The summed E-state index contributed by atoms with van der Waals surface area (Å²) in [6, 6.07) is 3.65. The maximum absolute atomic E-state index is 12.4. The van der Waals surface area contributed by atoms with E-state index in [1.54, 1.807) is 30.2 Å². The SMILES string of the molecule is CCCCCCn1c(N/N=C\c2ccncc2)nc2c1c(=O)[nH]c(=O)n2C. The number of nitrogens with one attached hydrogen (secondary N) is 2. The lowest BCUT2D eigenvalue weighted by Gasteiger charge is -2.07. The van der Waals surface area contributed by atoms with Gasteiger partial charge in [-0.25, -0.2) is 10.2 Å². The van der Waals surface area contributed by atoms with Crippen LogP contribution in [0.5, 0.6) is 0 Å². The first-order chi connectivity index (χ1) is 13.1. The molecule has 0 saturated heterocycles. The van der Waals surface area contributed by atoms with Gasteiger partial charge in [0.2, 0.25) is 5.95 Å². The van der Waals surface area contributed by atoms with E-state index in [0.717, 1.165) is 31.2 Å². The van der Waals surface area contributed by atoms with E-state index in [4.69, 9.17) is 0 Å². The summed E-state index contributed by atoms with van der Waals surface area (Å²) < 4.78 is 3.12. The van der Waals surface area contributed by atoms with Gasteiger partial charge in [0, 0.05) is 26.0 Å². The van der Waals surface area contributed by atoms with E-state index in [2.05, 4.69) is 32.4 Å². The molecular formula is C18H23N7O2. The molecular weight excluding hydrogens is 346 g/mol. The van der Waals surface area contributed by atoms with Crippen molar-refractivity contribution in [1.82, 2.24) is 24.1 Å². The highest BCUT2D eigenvalue weighted by molar-refractivity contribution is 5.80. The highest BCUT2D eigenvalue weighted by Crippen LogP contribution is 2.17. The lowest BCUT2D eigenvalue weighted by atomic mass is 10.2. The van der Waals surface area contributed by atoms with Gasteiger partial charge in [-0.1, -0.05) is 26.2 Å². The Kier molecular flexibility index (Phi) is 5.80. The average molecular weight is 369 g/mol. The summed E-state index contributed by atoms with van der Waals surface area (Å²) in [6.45, 7) is 2.76. The van der Waals surface area contributed by atoms with Crippen molar-refractivity contribution in [3.05, 3.63) is 50.9 Å². The molecule has 0 fully saturated rings. The van der Waals surface area contributed by atoms with E-state index in [0.29, 0.717) is 23.7 Å². The Labute approximate surface area is 155 Å². The van der Waals surface area contributed by atoms with E-state index in [-0.39, 0.29) is 0 Å². The number of nitrogens with zero attached hydrogens (tertiary/aromatic N) is 5. The van der Waals surface area contributed by atoms with Gasteiger partial charge in [0.25, 0.3) is 5.56 Å². The van der Waals surface area contributed by atoms with Crippen LogP contribution in [0.15, 0.2) is 39.2 Å². The summed E-state index contributed by atoms with van der Waals surface area (Å²) in [7, 11) is 1.58. The molecule has 0 aromatic carbocycles. The number of anilines is 1. The largest absolute Gasteiger partial charge is 0.329 e. The van der Waals surface area contributed by atoms with Crippen molar-refractivity contribution in [2.24, 2.45) is 12.1 Å². The Hall–Kier alpha value is -3.23. The fraction of sp³-hybridized carbons (Fsp3) is 0.389. The number of pyridine rings is 1. The van der Waals surface area contributed by atoms with Gasteiger partial charge in [-0.05, 0) is 24.1 Å². The zero-order valence-corrected chi connectivity index (χ0v) is 15.5. The van der Waals surface area contributed by atoms with E-state index in [1.165, 1.54) is 4.57 Å². The van der Waals surface area contributed by atoms with Gasteiger partial charge >= 0.3 is 5.69 Å². The molecule has 0 aliphatic carbocycles. The first-order valence-corrected chi connectivity index (χ1v) is 9.00. The molecule has 0 saturated carbocycles. The third-order valence-corrected chi connectivity index (χ3v) is 4.33. The van der Waals surface area contributed by atoms with E-state index < -0.39 is 11.2 Å². The Balaban J connectivity index is 1.95. The molecule has 0 amide bonds. The van der Waals surface area contributed by atoms with Crippen molar-refractivity contribution in [3.8, 4) is 0 Å². The second kappa shape index (κ2) is 8.43. The molecule has 0 bridgehead atoms. The quantitative estimate of drug-likeness (QED) is 0.358. The Morgan fingerprint density at radius 3 is 2.74 bits per heavy atom. The number of unbranched alkanes of at least 4 members (excludes halogenated alkanes) is 3. The minimum Gasteiger partial charge on any atom is -0.303 e.